The number of esters is 1. The van der Waals surface area contributed by atoms with Crippen molar-refractivity contribution in [1.82, 2.24) is 0 Å². The minimum Gasteiger partial charge on any atom is -0.508 e. The van der Waals surface area contributed by atoms with Crippen LogP contribution < -0.4 is 4.74 Å². The third-order valence-electron chi connectivity index (χ3n) is 7.49. The topological polar surface area (TPSA) is 224 Å². The van der Waals surface area contributed by atoms with E-state index in [4.69, 9.17) is 14.2 Å². The van der Waals surface area contributed by atoms with Gasteiger partial charge in [0.15, 0.2) is 11.9 Å². The van der Waals surface area contributed by atoms with Gasteiger partial charge in [-0.1, -0.05) is 24.3 Å². The number of carbonyl (C=O) groups is 2. The van der Waals surface area contributed by atoms with E-state index in [9.17, 15) is 50.4 Å². The summed E-state index contributed by atoms with van der Waals surface area (Å²) >= 11 is 0. The quantitative estimate of drug-likeness (QED) is 0.138. The molecule has 1 fully saturated rings. The molecule has 0 spiro atoms. The van der Waals surface area contributed by atoms with Crippen LogP contribution in [0.15, 0.2) is 60.7 Å². The van der Waals surface area contributed by atoms with E-state index in [0.717, 1.165) is 12.1 Å². The molecule has 13 nitrogen and oxygen atoms in total. The van der Waals surface area contributed by atoms with Crippen molar-refractivity contribution in [3.8, 4) is 23.0 Å². The molecule has 2 unspecified atom stereocenters. The van der Waals surface area contributed by atoms with Crippen molar-refractivity contribution in [1.29, 1.82) is 0 Å². The van der Waals surface area contributed by atoms with Gasteiger partial charge in [0, 0.05) is 12.0 Å². The maximum Gasteiger partial charge on any atom is 0.308 e. The molecule has 0 aromatic heterocycles. The molecule has 0 amide bonds. The Kier molecular flexibility index (Phi) is 8.29. The van der Waals surface area contributed by atoms with Gasteiger partial charge in [-0.05, 0) is 53.9 Å². The molecule has 0 aliphatic carbocycles. The highest BCUT2D eigenvalue weighted by Gasteiger charge is 2.56. The molecule has 8 N–H and O–H groups in total. The molecule has 1 saturated heterocycles. The first kappa shape index (κ1) is 30.2. The fourth-order valence-electron chi connectivity index (χ4n) is 5.12. The standard InChI is InChI=1S/C30H30O13/c31-17-6-1-14(2-7-17)3-10-23(35)42-29(39)27-25(36)26(37)28(38)30(40,43-27)16-11-19(33)24-20(34)13-21(41-22(24)12-16)15-4-8-18(32)9-5-15/h1-2,4-9,11-12,21,25-29,31-33,36-40H,3,10,13H2/t21?,25-,26-,27-,28+,29?,30+/m0/s1. The number of aliphatic hydroxyl groups is 5. The van der Waals surface area contributed by atoms with E-state index in [1.54, 1.807) is 24.3 Å². The number of hydrogen-bond donors (Lipinski definition) is 8. The zero-order chi connectivity index (χ0) is 31.1. The lowest BCUT2D eigenvalue weighted by atomic mass is 9.86. The largest absolute Gasteiger partial charge is 0.508 e. The first-order valence-corrected chi connectivity index (χ1v) is 13.3. The van der Waals surface area contributed by atoms with E-state index >= 15 is 0 Å². The molecule has 7 atom stereocenters. The van der Waals surface area contributed by atoms with E-state index in [1.165, 1.54) is 24.3 Å². The molecular formula is C30H30O13. The number of benzene rings is 3. The Morgan fingerprint density at radius 3 is 2.23 bits per heavy atom. The summed E-state index contributed by atoms with van der Waals surface area (Å²) in [6.45, 7) is 0. The van der Waals surface area contributed by atoms with Crippen molar-refractivity contribution < 1.29 is 64.7 Å². The minimum absolute atomic E-state index is 0.00242. The van der Waals surface area contributed by atoms with Gasteiger partial charge in [-0.25, -0.2) is 0 Å². The van der Waals surface area contributed by atoms with Crippen LogP contribution in [0, 0.1) is 0 Å². The predicted molar refractivity (Wildman–Crippen MR) is 144 cm³/mol. The van der Waals surface area contributed by atoms with Crippen molar-refractivity contribution in [2.75, 3.05) is 0 Å². The second-order valence-corrected chi connectivity index (χ2v) is 10.4. The number of ketones is 1. The third-order valence-corrected chi connectivity index (χ3v) is 7.49. The monoisotopic (exact) mass is 598 g/mol. The molecule has 3 aromatic rings. The average Bonchev–Trinajstić information content (AvgIpc) is 2.97. The highest BCUT2D eigenvalue weighted by Crippen LogP contribution is 2.45. The second kappa shape index (κ2) is 11.8. The Bertz CT molecular complexity index is 1490. The molecule has 2 aliphatic rings. The second-order valence-electron chi connectivity index (χ2n) is 10.4. The van der Waals surface area contributed by atoms with Crippen LogP contribution in [0.4, 0.5) is 0 Å². The molecular weight excluding hydrogens is 568 g/mol. The average molecular weight is 599 g/mol. The Hall–Kier alpha value is -4.24. The summed E-state index contributed by atoms with van der Waals surface area (Å²) in [5.74, 6) is -5.09. The molecule has 13 heteroatoms. The normalized spacial score (nSPS) is 27.6. The molecule has 5 rings (SSSR count). The first-order valence-electron chi connectivity index (χ1n) is 13.3. The first-order chi connectivity index (χ1) is 20.4. The molecule has 3 aromatic carbocycles. The number of ether oxygens (including phenoxy) is 3. The van der Waals surface area contributed by atoms with Gasteiger partial charge < -0.3 is 55.1 Å². The number of aryl methyl sites for hydroxylation is 1. The van der Waals surface area contributed by atoms with Crippen LogP contribution >= 0.6 is 0 Å². The summed E-state index contributed by atoms with van der Waals surface area (Å²) in [6, 6.07) is 13.9. The molecule has 0 bridgehead atoms. The van der Waals surface area contributed by atoms with Crippen molar-refractivity contribution in [2.45, 2.75) is 61.9 Å². The highest BCUT2D eigenvalue weighted by molar-refractivity contribution is 6.02. The lowest BCUT2D eigenvalue weighted by molar-refractivity contribution is -0.378. The number of hydrogen-bond acceptors (Lipinski definition) is 13. The van der Waals surface area contributed by atoms with Crippen LogP contribution in [0.2, 0.25) is 0 Å². The molecule has 0 radical (unpaired) electrons. The van der Waals surface area contributed by atoms with Crippen LogP contribution in [0.5, 0.6) is 23.0 Å². The maximum atomic E-state index is 12.9. The molecule has 43 heavy (non-hydrogen) atoms. The van der Waals surface area contributed by atoms with E-state index in [0.29, 0.717) is 11.1 Å². The number of rotatable bonds is 7. The summed E-state index contributed by atoms with van der Waals surface area (Å²) in [4.78, 5) is 25.3. The van der Waals surface area contributed by atoms with Gasteiger partial charge in [0.1, 0.15) is 53.0 Å². The fourth-order valence-corrected chi connectivity index (χ4v) is 5.12. The van der Waals surface area contributed by atoms with Gasteiger partial charge in [0.05, 0.1) is 6.42 Å². The Labute approximate surface area is 244 Å². The lowest BCUT2D eigenvalue weighted by Crippen LogP contribution is -2.65. The Morgan fingerprint density at radius 1 is 0.953 bits per heavy atom. The highest BCUT2D eigenvalue weighted by atomic mass is 16.7. The minimum atomic E-state index is -2.90. The van der Waals surface area contributed by atoms with Crippen molar-refractivity contribution in [3.05, 3.63) is 82.9 Å². The number of fused-ring (bicyclic) bond motifs is 1. The summed E-state index contributed by atoms with van der Waals surface area (Å²) in [5, 5.41) is 83.5. The van der Waals surface area contributed by atoms with Crippen molar-refractivity contribution in [2.24, 2.45) is 0 Å². The van der Waals surface area contributed by atoms with Gasteiger partial charge >= 0.3 is 5.97 Å². The predicted octanol–water partition coefficient (Wildman–Crippen LogP) is 0.631. The van der Waals surface area contributed by atoms with Crippen LogP contribution in [-0.4, -0.2) is 83.3 Å². The van der Waals surface area contributed by atoms with Crippen molar-refractivity contribution >= 4 is 11.8 Å². The number of Topliss-reactive ketones (excluding diaryl/α,β-unsaturated/α-hetero) is 1. The SMILES string of the molecule is O=C(CCc1ccc(O)cc1)OC(O)[C@H]1O[C@](O)(c2cc(O)c3c(c2)OC(c2ccc(O)cc2)CC3=O)[C@H](O)[C@@H](O)[C@@H]1O. The number of aliphatic hydroxyl groups excluding tert-OH is 4. The summed E-state index contributed by atoms with van der Waals surface area (Å²) in [6.07, 6.45) is -11.6. The van der Waals surface area contributed by atoms with E-state index in [-0.39, 0.29) is 42.1 Å². The fraction of sp³-hybridized carbons (Fsp3) is 0.333. The maximum absolute atomic E-state index is 12.9. The van der Waals surface area contributed by atoms with E-state index < -0.39 is 65.7 Å². The number of phenolic OH excluding ortho intramolecular Hbond substituents is 3. The lowest BCUT2D eigenvalue weighted by Gasteiger charge is -2.46. The smallest absolute Gasteiger partial charge is 0.308 e. The van der Waals surface area contributed by atoms with E-state index in [2.05, 4.69) is 0 Å². The van der Waals surface area contributed by atoms with Crippen LogP contribution in [0.25, 0.3) is 0 Å². The molecule has 228 valence electrons. The number of phenols is 3. The van der Waals surface area contributed by atoms with Crippen LogP contribution in [-0.2, 0) is 26.5 Å². The zero-order valence-electron chi connectivity index (χ0n) is 22.5. The number of aromatic hydroxyl groups is 3. The van der Waals surface area contributed by atoms with Crippen molar-refractivity contribution in [3.63, 3.8) is 0 Å². The van der Waals surface area contributed by atoms with Gasteiger partial charge in [0.2, 0.25) is 12.1 Å². The Balaban J connectivity index is 1.36. The number of carbonyl (C=O) groups excluding carboxylic acids is 2. The van der Waals surface area contributed by atoms with Crippen LogP contribution in [0.1, 0.15) is 46.0 Å². The summed E-state index contributed by atoms with van der Waals surface area (Å²) < 4.78 is 16.3. The zero-order valence-corrected chi connectivity index (χ0v) is 22.5. The molecule has 2 aliphatic heterocycles. The van der Waals surface area contributed by atoms with Crippen LogP contribution in [0.3, 0.4) is 0 Å². The van der Waals surface area contributed by atoms with Gasteiger partial charge in [-0.15, -0.1) is 0 Å². The van der Waals surface area contributed by atoms with Gasteiger partial charge in [0.25, 0.3) is 0 Å². The van der Waals surface area contributed by atoms with E-state index in [1.807, 2.05) is 0 Å². The Morgan fingerprint density at radius 2 is 1.58 bits per heavy atom. The molecule has 0 saturated carbocycles. The molecule has 2 heterocycles. The third kappa shape index (κ3) is 5.99. The van der Waals surface area contributed by atoms with Gasteiger partial charge in [-0.3, -0.25) is 9.59 Å². The summed E-state index contributed by atoms with van der Waals surface area (Å²) in [5.41, 5.74) is 0.611. The summed E-state index contributed by atoms with van der Waals surface area (Å²) in [7, 11) is 0. The van der Waals surface area contributed by atoms with Gasteiger partial charge in [-0.2, -0.15) is 0 Å².